The van der Waals surface area contributed by atoms with Crippen LogP contribution in [0.25, 0.3) is 5.69 Å². The van der Waals surface area contributed by atoms with E-state index in [1.807, 2.05) is 42.5 Å². The summed E-state index contributed by atoms with van der Waals surface area (Å²) in [5.74, 6) is -0.0330. The fraction of sp³-hybridized carbons (Fsp3) is 0.174. The number of benzene rings is 2. The fourth-order valence-electron chi connectivity index (χ4n) is 3.53. The van der Waals surface area contributed by atoms with E-state index in [1.165, 1.54) is 6.07 Å². The van der Waals surface area contributed by atoms with E-state index >= 15 is 0 Å². The van der Waals surface area contributed by atoms with E-state index in [4.69, 9.17) is 0 Å². The Bertz CT molecular complexity index is 1070. The van der Waals surface area contributed by atoms with Crippen molar-refractivity contribution < 1.29 is 9.59 Å². The summed E-state index contributed by atoms with van der Waals surface area (Å²) in [4.78, 5) is 38.3. The van der Waals surface area contributed by atoms with Gasteiger partial charge in [0.2, 0.25) is 5.91 Å². The molecule has 29 heavy (non-hydrogen) atoms. The third kappa shape index (κ3) is 4.11. The van der Waals surface area contributed by atoms with E-state index in [2.05, 4.69) is 5.32 Å². The third-order valence-corrected chi connectivity index (χ3v) is 5.05. The molecule has 1 unspecified atom stereocenters. The van der Waals surface area contributed by atoms with E-state index in [-0.39, 0.29) is 23.3 Å². The summed E-state index contributed by atoms with van der Waals surface area (Å²) in [6.45, 7) is 1.01. The molecule has 1 saturated heterocycles. The predicted molar refractivity (Wildman–Crippen MR) is 111 cm³/mol. The molecule has 1 N–H and O–H groups in total. The van der Waals surface area contributed by atoms with E-state index in [0.717, 1.165) is 11.4 Å². The van der Waals surface area contributed by atoms with Crippen LogP contribution in [0.2, 0.25) is 0 Å². The second-order valence-corrected chi connectivity index (χ2v) is 7.08. The first-order valence-corrected chi connectivity index (χ1v) is 9.53. The smallest absolute Gasteiger partial charge is 0.255 e. The Morgan fingerprint density at radius 1 is 0.897 bits per heavy atom. The molecule has 1 fully saturated rings. The summed E-state index contributed by atoms with van der Waals surface area (Å²) < 4.78 is 1.55. The average Bonchev–Trinajstić information content (AvgIpc) is 3.13. The second-order valence-electron chi connectivity index (χ2n) is 7.08. The van der Waals surface area contributed by atoms with Gasteiger partial charge < -0.3 is 10.2 Å². The van der Waals surface area contributed by atoms with Gasteiger partial charge in [0, 0.05) is 54.6 Å². The Balaban J connectivity index is 1.40. The number of hydrogen-bond acceptors (Lipinski definition) is 3. The molecule has 146 valence electrons. The number of anilines is 1. The number of nitrogens with zero attached hydrogens (tertiary/aromatic N) is 2. The molecule has 6 nitrogen and oxygen atoms in total. The van der Waals surface area contributed by atoms with Gasteiger partial charge in [-0.3, -0.25) is 19.0 Å². The minimum Gasteiger partial charge on any atom is -0.352 e. The number of pyridine rings is 1. The molecule has 1 aliphatic rings. The van der Waals surface area contributed by atoms with Gasteiger partial charge in [0.05, 0.1) is 0 Å². The first-order chi connectivity index (χ1) is 14.1. The van der Waals surface area contributed by atoms with Crippen LogP contribution in [-0.4, -0.2) is 29.5 Å². The van der Waals surface area contributed by atoms with Crippen LogP contribution in [-0.2, 0) is 4.79 Å². The quantitative estimate of drug-likeness (QED) is 0.732. The molecule has 1 aromatic heterocycles. The lowest BCUT2D eigenvalue weighted by Crippen LogP contribution is -2.31. The Kier molecular flexibility index (Phi) is 5.24. The molecular formula is C23H21N3O3. The zero-order chi connectivity index (χ0) is 20.2. The fourth-order valence-corrected chi connectivity index (χ4v) is 3.53. The largest absolute Gasteiger partial charge is 0.352 e. The van der Waals surface area contributed by atoms with Gasteiger partial charge in [0.25, 0.3) is 11.5 Å². The molecule has 0 radical (unpaired) electrons. The Hall–Kier alpha value is -3.67. The second kappa shape index (κ2) is 8.14. The van der Waals surface area contributed by atoms with E-state index < -0.39 is 0 Å². The van der Waals surface area contributed by atoms with Crippen molar-refractivity contribution in [2.75, 3.05) is 18.0 Å². The van der Waals surface area contributed by atoms with Gasteiger partial charge in [-0.15, -0.1) is 0 Å². The monoisotopic (exact) mass is 387 g/mol. The molecule has 0 bridgehead atoms. The molecule has 2 heterocycles. The Morgan fingerprint density at radius 2 is 1.59 bits per heavy atom. The number of carbonyl (C=O) groups is 2. The number of nitrogens with one attached hydrogen (secondary N) is 1. The summed E-state index contributed by atoms with van der Waals surface area (Å²) in [6, 6.07) is 21.4. The van der Waals surface area contributed by atoms with Crippen LogP contribution in [0.4, 0.5) is 5.69 Å². The van der Waals surface area contributed by atoms with Crippen LogP contribution in [0.1, 0.15) is 16.8 Å². The summed E-state index contributed by atoms with van der Waals surface area (Å²) in [6.07, 6.45) is 2.11. The van der Waals surface area contributed by atoms with Crippen molar-refractivity contribution in [1.29, 1.82) is 0 Å². The van der Waals surface area contributed by atoms with Crippen molar-refractivity contribution in [3.8, 4) is 5.69 Å². The van der Waals surface area contributed by atoms with Crippen molar-refractivity contribution in [3.05, 3.63) is 94.9 Å². The number of amides is 2. The molecule has 3 aromatic rings. The molecule has 4 rings (SSSR count). The van der Waals surface area contributed by atoms with Crippen LogP contribution >= 0.6 is 0 Å². The first kappa shape index (κ1) is 18.7. The average molecular weight is 387 g/mol. The van der Waals surface area contributed by atoms with Crippen molar-refractivity contribution in [2.45, 2.75) is 6.42 Å². The maximum Gasteiger partial charge on any atom is 0.255 e. The van der Waals surface area contributed by atoms with Gasteiger partial charge in [0.15, 0.2) is 0 Å². The minimum absolute atomic E-state index is 0.0357. The normalized spacial score (nSPS) is 16.1. The van der Waals surface area contributed by atoms with Gasteiger partial charge in [-0.05, 0) is 42.5 Å². The lowest BCUT2D eigenvalue weighted by Gasteiger charge is -2.18. The van der Waals surface area contributed by atoms with Gasteiger partial charge in [-0.1, -0.05) is 24.3 Å². The number of rotatable bonds is 5. The molecule has 0 saturated carbocycles. The molecule has 2 amide bonds. The third-order valence-electron chi connectivity index (χ3n) is 5.05. The SMILES string of the molecule is O=C(NCC1CC(=O)N(c2ccc(-n3ccccc3=O)cc2)C1)c1ccccc1. The van der Waals surface area contributed by atoms with Crippen LogP contribution in [0, 0.1) is 5.92 Å². The van der Waals surface area contributed by atoms with E-state index in [0.29, 0.717) is 25.1 Å². The number of carbonyl (C=O) groups excluding carboxylic acids is 2. The minimum atomic E-state index is -0.130. The highest BCUT2D eigenvalue weighted by Crippen LogP contribution is 2.25. The maximum absolute atomic E-state index is 12.5. The molecule has 6 heteroatoms. The van der Waals surface area contributed by atoms with E-state index in [9.17, 15) is 14.4 Å². The molecule has 1 aliphatic heterocycles. The van der Waals surface area contributed by atoms with Crippen molar-refractivity contribution >= 4 is 17.5 Å². The Labute approximate surface area is 168 Å². The van der Waals surface area contributed by atoms with Crippen molar-refractivity contribution in [1.82, 2.24) is 9.88 Å². The zero-order valence-electron chi connectivity index (χ0n) is 15.8. The molecule has 0 aliphatic carbocycles. The molecule has 2 aromatic carbocycles. The standard InChI is InChI=1S/C23H21N3O3/c27-21-8-4-5-13-25(21)19-9-11-20(12-10-19)26-16-17(14-22(26)28)15-24-23(29)18-6-2-1-3-7-18/h1-13,17H,14-16H2,(H,24,29). The van der Waals surface area contributed by atoms with Gasteiger partial charge in [-0.2, -0.15) is 0 Å². The van der Waals surface area contributed by atoms with Gasteiger partial charge in [0.1, 0.15) is 0 Å². The van der Waals surface area contributed by atoms with E-state index in [1.54, 1.807) is 39.9 Å². The highest BCUT2D eigenvalue weighted by molar-refractivity contribution is 5.96. The van der Waals surface area contributed by atoms with Crippen LogP contribution < -0.4 is 15.8 Å². The van der Waals surface area contributed by atoms with Gasteiger partial charge >= 0.3 is 0 Å². The summed E-state index contributed by atoms with van der Waals surface area (Å²) in [5.41, 5.74) is 2.05. The Morgan fingerprint density at radius 3 is 2.31 bits per heavy atom. The van der Waals surface area contributed by atoms with Crippen molar-refractivity contribution in [2.24, 2.45) is 5.92 Å². The maximum atomic E-state index is 12.5. The molecule has 1 atom stereocenters. The van der Waals surface area contributed by atoms with Crippen LogP contribution in [0.3, 0.4) is 0 Å². The highest BCUT2D eigenvalue weighted by Gasteiger charge is 2.30. The lowest BCUT2D eigenvalue weighted by molar-refractivity contribution is -0.117. The highest BCUT2D eigenvalue weighted by atomic mass is 16.2. The summed E-state index contributed by atoms with van der Waals surface area (Å²) >= 11 is 0. The topological polar surface area (TPSA) is 71.4 Å². The predicted octanol–water partition coefficient (Wildman–Crippen LogP) is 2.62. The van der Waals surface area contributed by atoms with Gasteiger partial charge in [-0.25, -0.2) is 0 Å². The molecular weight excluding hydrogens is 366 g/mol. The molecule has 0 spiro atoms. The number of hydrogen-bond donors (Lipinski definition) is 1. The van der Waals surface area contributed by atoms with Crippen molar-refractivity contribution in [3.63, 3.8) is 0 Å². The summed E-state index contributed by atoms with van der Waals surface area (Å²) in [7, 11) is 0. The van der Waals surface area contributed by atoms with Crippen LogP contribution in [0.15, 0.2) is 83.8 Å². The zero-order valence-corrected chi connectivity index (χ0v) is 15.8. The first-order valence-electron chi connectivity index (χ1n) is 9.53. The summed E-state index contributed by atoms with van der Waals surface area (Å²) in [5, 5.41) is 2.91. The lowest BCUT2D eigenvalue weighted by atomic mass is 10.1. The van der Waals surface area contributed by atoms with Crippen LogP contribution in [0.5, 0.6) is 0 Å². The number of aromatic nitrogens is 1.